The Balaban J connectivity index is 2.12. The molecule has 0 unspecified atom stereocenters. The summed E-state index contributed by atoms with van der Waals surface area (Å²) in [5.41, 5.74) is 0.518. The molecular weight excluding hydrogens is 318 g/mol. The van der Waals surface area contributed by atoms with Crippen molar-refractivity contribution in [3.63, 3.8) is 0 Å². The normalized spacial score (nSPS) is 10.1. The van der Waals surface area contributed by atoms with Crippen molar-refractivity contribution in [2.75, 3.05) is 12.9 Å². The highest BCUT2D eigenvalue weighted by Crippen LogP contribution is 2.24. The van der Waals surface area contributed by atoms with Gasteiger partial charge in [0.15, 0.2) is 5.78 Å². The number of nitro groups is 1. The minimum absolute atomic E-state index is 0.0647. The third-order valence-corrected chi connectivity index (χ3v) is 4.10. The number of hydrogen-bond acceptors (Lipinski definition) is 6. The van der Waals surface area contributed by atoms with Gasteiger partial charge in [0.25, 0.3) is 5.69 Å². The highest BCUT2D eigenvalue weighted by Gasteiger charge is 2.15. The van der Waals surface area contributed by atoms with Crippen molar-refractivity contribution >= 4 is 29.2 Å². The van der Waals surface area contributed by atoms with Crippen LogP contribution in [0.5, 0.6) is 0 Å². The fourth-order valence-electron chi connectivity index (χ4n) is 1.89. The Morgan fingerprint density at radius 2 is 1.91 bits per heavy atom. The van der Waals surface area contributed by atoms with Crippen LogP contribution in [0.3, 0.4) is 0 Å². The molecule has 2 rings (SSSR count). The van der Waals surface area contributed by atoms with Crippen LogP contribution in [-0.4, -0.2) is 29.5 Å². The zero-order valence-electron chi connectivity index (χ0n) is 12.2. The molecule has 0 aliphatic heterocycles. The summed E-state index contributed by atoms with van der Waals surface area (Å²) in [5.74, 6) is -0.663. The standard InChI is InChI=1S/C16H13NO5S/c1-22-16(19)13-7-2-3-8-15(13)23-10-14(18)11-5-4-6-12(9-11)17(20)21/h2-9H,10H2,1H3. The molecule has 0 spiro atoms. The SMILES string of the molecule is COC(=O)c1ccccc1SCC(=O)c1cccc([N+](=O)[O-])c1. The Kier molecular flexibility index (Phi) is 5.48. The lowest BCUT2D eigenvalue weighted by Gasteiger charge is -2.07. The van der Waals surface area contributed by atoms with Crippen LogP contribution in [0.2, 0.25) is 0 Å². The average molecular weight is 331 g/mol. The van der Waals surface area contributed by atoms with Gasteiger partial charge in [-0.05, 0) is 12.1 Å². The number of Topliss-reactive ketones (excluding diaryl/α,β-unsaturated/α-hetero) is 1. The molecule has 0 amide bonds. The fraction of sp³-hybridized carbons (Fsp3) is 0.125. The number of carbonyl (C=O) groups is 2. The molecule has 0 radical (unpaired) electrons. The van der Waals surface area contributed by atoms with Gasteiger partial charge < -0.3 is 4.74 Å². The van der Waals surface area contributed by atoms with Crippen molar-refractivity contribution < 1.29 is 19.2 Å². The number of hydrogen-bond donors (Lipinski definition) is 0. The number of nitro benzene ring substituents is 1. The summed E-state index contributed by atoms with van der Waals surface area (Å²) in [7, 11) is 1.29. The van der Waals surface area contributed by atoms with Crippen LogP contribution >= 0.6 is 11.8 Å². The van der Waals surface area contributed by atoms with E-state index in [0.717, 1.165) is 0 Å². The molecule has 0 atom stereocenters. The number of rotatable bonds is 6. The summed E-state index contributed by atoms with van der Waals surface area (Å²) < 4.78 is 4.70. The zero-order valence-corrected chi connectivity index (χ0v) is 13.0. The van der Waals surface area contributed by atoms with Crippen molar-refractivity contribution in [3.05, 3.63) is 69.8 Å². The minimum Gasteiger partial charge on any atom is -0.465 e. The molecule has 0 aliphatic carbocycles. The van der Waals surface area contributed by atoms with E-state index in [1.165, 1.54) is 43.1 Å². The average Bonchev–Trinajstić information content (AvgIpc) is 2.59. The van der Waals surface area contributed by atoms with Crippen LogP contribution in [0, 0.1) is 10.1 Å². The fourth-order valence-corrected chi connectivity index (χ4v) is 2.83. The molecule has 6 nitrogen and oxygen atoms in total. The molecule has 0 saturated carbocycles. The molecule has 118 valence electrons. The number of esters is 1. The first kappa shape index (κ1) is 16.7. The largest absolute Gasteiger partial charge is 0.465 e. The molecule has 23 heavy (non-hydrogen) atoms. The number of ketones is 1. The van der Waals surface area contributed by atoms with Gasteiger partial charge in [0.2, 0.25) is 0 Å². The molecule has 2 aromatic rings. The first-order valence-corrected chi connectivity index (χ1v) is 7.59. The Bertz CT molecular complexity index is 760. The van der Waals surface area contributed by atoms with E-state index in [1.54, 1.807) is 24.3 Å². The first-order valence-electron chi connectivity index (χ1n) is 6.60. The van der Waals surface area contributed by atoms with Gasteiger partial charge in [-0.15, -0.1) is 11.8 Å². The van der Waals surface area contributed by atoms with E-state index in [9.17, 15) is 19.7 Å². The van der Waals surface area contributed by atoms with E-state index >= 15 is 0 Å². The zero-order chi connectivity index (χ0) is 16.8. The minimum atomic E-state index is -0.545. The molecule has 2 aromatic carbocycles. The van der Waals surface area contributed by atoms with Crippen molar-refractivity contribution in [1.29, 1.82) is 0 Å². The van der Waals surface area contributed by atoms with Crippen LogP contribution in [-0.2, 0) is 4.74 Å². The molecule has 0 bridgehead atoms. The van der Waals surface area contributed by atoms with E-state index < -0.39 is 10.9 Å². The Labute approximate surface area is 136 Å². The number of non-ortho nitro benzene ring substituents is 1. The smallest absolute Gasteiger partial charge is 0.338 e. The van der Waals surface area contributed by atoms with Gasteiger partial charge >= 0.3 is 5.97 Å². The van der Waals surface area contributed by atoms with E-state index in [1.807, 2.05) is 0 Å². The number of ether oxygens (including phenoxy) is 1. The van der Waals surface area contributed by atoms with E-state index in [4.69, 9.17) is 4.74 Å². The maximum Gasteiger partial charge on any atom is 0.338 e. The van der Waals surface area contributed by atoms with Crippen molar-refractivity contribution in [2.45, 2.75) is 4.90 Å². The predicted octanol–water partition coefficient (Wildman–Crippen LogP) is 3.36. The van der Waals surface area contributed by atoms with Gasteiger partial charge in [0, 0.05) is 22.6 Å². The lowest BCUT2D eigenvalue weighted by atomic mass is 10.1. The summed E-state index contributed by atoms with van der Waals surface area (Å²) in [5, 5.41) is 10.7. The van der Waals surface area contributed by atoms with Gasteiger partial charge in [-0.2, -0.15) is 0 Å². The number of carbonyl (C=O) groups excluding carboxylic acids is 2. The number of nitrogens with zero attached hydrogens (tertiary/aromatic N) is 1. The second-order valence-corrected chi connectivity index (χ2v) is 5.52. The van der Waals surface area contributed by atoms with E-state index in [-0.39, 0.29) is 22.8 Å². The third kappa shape index (κ3) is 4.17. The molecule has 0 fully saturated rings. The molecular formula is C16H13NO5S. The van der Waals surface area contributed by atoms with Crippen LogP contribution in [0.15, 0.2) is 53.4 Å². The van der Waals surface area contributed by atoms with E-state index in [0.29, 0.717) is 10.5 Å². The third-order valence-electron chi connectivity index (χ3n) is 3.03. The molecule has 0 heterocycles. The lowest BCUT2D eigenvalue weighted by molar-refractivity contribution is -0.384. The molecule has 0 saturated heterocycles. The van der Waals surface area contributed by atoms with Crippen LogP contribution < -0.4 is 0 Å². The summed E-state index contributed by atoms with van der Waals surface area (Å²) in [4.78, 5) is 34.7. The predicted molar refractivity (Wildman–Crippen MR) is 85.9 cm³/mol. The summed E-state index contributed by atoms with van der Waals surface area (Å²) in [6.07, 6.45) is 0. The molecule has 0 aliphatic rings. The quantitative estimate of drug-likeness (QED) is 0.265. The van der Waals surface area contributed by atoms with Gasteiger partial charge in [0.1, 0.15) is 0 Å². The molecule has 7 heteroatoms. The number of methoxy groups -OCH3 is 1. The Morgan fingerprint density at radius 1 is 1.17 bits per heavy atom. The Hall–Kier alpha value is -2.67. The highest BCUT2D eigenvalue weighted by atomic mass is 32.2. The van der Waals surface area contributed by atoms with Crippen molar-refractivity contribution in [3.8, 4) is 0 Å². The number of benzene rings is 2. The second-order valence-electron chi connectivity index (χ2n) is 4.51. The maximum absolute atomic E-state index is 12.2. The Morgan fingerprint density at radius 3 is 2.61 bits per heavy atom. The molecule has 0 aromatic heterocycles. The monoisotopic (exact) mass is 331 g/mol. The summed E-state index contributed by atoms with van der Waals surface area (Å²) in [6.45, 7) is 0. The molecule has 0 N–H and O–H groups in total. The first-order chi connectivity index (χ1) is 11.0. The van der Waals surface area contributed by atoms with Gasteiger partial charge in [-0.25, -0.2) is 4.79 Å². The summed E-state index contributed by atoms with van der Waals surface area (Å²) in [6, 6.07) is 12.4. The highest BCUT2D eigenvalue weighted by molar-refractivity contribution is 8.00. The number of thioether (sulfide) groups is 1. The lowest BCUT2D eigenvalue weighted by Crippen LogP contribution is -2.06. The summed E-state index contributed by atoms with van der Waals surface area (Å²) >= 11 is 1.19. The maximum atomic E-state index is 12.2. The van der Waals surface area contributed by atoms with Gasteiger partial charge in [-0.1, -0.05) is 24.3 Å². The van der Waals surface area contributed by atoms with Crippen molar-refractivity contribution in [1.82, 2.24) is 0 Å². The van der Waals surface area contributed by atoms with Gasteiger partial charge in [-0.3, -0.25) is 14.9 Å². The van der Waals surface area contributed by atoms with Crippen LogP contribution in [0.25, 0.3) is 0 Å². The topological polar surface area (TPSA) is 86.5 Å². The van der Waals surface area contributed by atoms with Crippen LogP contribution in [0.1, 0.15) is 20.7 Å². The second kappa shape index (κ2) is 7.55. The van der Waals surface area contributed by atoms with Crippen LogP contribution in [0.4, 0.5) is 5.69 Å². The van der Waals surface area contributed by atoms with Gasteiger partial charge in [0.05, 0.1) is 23.3 Å². The van der Waals surface area contributed by atoms with Crippen molar-refractivity contribution in [2.24, 2.45) is 0 Å². The van der Waals surface area contributed by atoms with E-state index in [2.05, 4.69) is 0 Å².